The fraction of sp³-hybridized carbons (Fsp3) is 0.235. The quantitative estimate of drug-likeness (QED) is 0.693. The van der Waals surface area contributed by atoms with Crippen LogP contribution in [0.5, 0.6) is 0 Å². The third-order valence-corrected chi connectivity index (χ3v) is 5.58. The number of hydrogen-bond acceptors (Lipinski definition) is 1. The number of alkyl halides is 1. The van der Waals surface area contributed by atoms with Crippen molar-refractivity contribution in [2.24, 2.45) is 0 Å². The summed E-state index contributed by atoms with van der Waals surface area (Å²) in [4.78, 5) is 14.7. The topological polar surface area (TPSA) is 20.3 Å². The van der Waals surface area contributed by atoms with Crippen LogP contribution in [-0.4, -0.2) is 18.3 Å². The Labute approximate surface area is 141 Å². The van der Waals surface area contributed by atoms with Gasteiger partial charge in [0.15, 0.2) is 0 Å². The largest absolute Gasteiger partial charge is 0.314 e. The number of amides is 1. The molecular weight excluding hydrogens is 394 g/mol. The van der Waals surface area contributed by atoms with Crippen LogP contribution in [0.4, 0.5) is 5.69 Å². The Kier molecular flexibility index (Phi) is 3.93. The van der Waals surface area contributed by atoms with E-state index in [-0.39, 0.29) is 5.91 Å². The molecule has 1 atom stereocenters. The minimum absolute atomic E-state index is 0.149. The number of nitrogens with zero attached hydrogens (tertiary/aromatic N) is 1. The molecule has 0 saturated carbocycles. The van der Waals surface area contributed by atoms with Crippen LogP contribution in [-0.2, 0) is 16.6 Å². The molecule has 2 aromatic carbocycles. The van der Waals surface area contributed by atoms with Crippen LogP contribution in [0.1, 0.15) is 11.1 Å². The molecule has 0 saturated heterocycles. The molecule has 0 radical (unpaired) electrons. The van der Waals surface area contributed by atoms with E-state index in [0.717, 1.165) is 15.7 Å². The van der Waals surface area contributed by atoms with E-state index in [1.165, 1.54) is 5.56 Å². The van der Waals surface area contributed by atoms with Gasteiger partial charge in [0.1, 0.15) is 0 Å². The molecule has 0 fully saturated rings. The molecule has 1 aliphatic heterocycles. The van der Waals surface area contributed by atoms with Gasteiger partial charge in [-0.05, 0) is 35.7 Å². The Morgan fingerprint density at radius 1 is 1.14 bits per heavy atom. The van der Waals surface area contributed by atoms with Crippen molar-refractivity contribution < 1.29 is 4.79 Å². The monoisotopic (exact) mass is 407 g/mol. The molecule has 0 spiro atoms. The lowest BCUT2D eigenvalue weighted by Crippen LogP contribution is -2.42. The summed E-state index contributed by atoms with van der Waals surface area (Å²) >= 11 is 7.12. The average Bonchev–Trinajstić information content (AvgIpc) is 2.70. The summed E-state index contributed by atoms with van der Waals surface area (Å²) in [6.07, 6.45) is 0.700. The highest BCUT2D eigenvalue weighted by atomic mass is 79.9. The van der Waals surface area contributed by atoms with Crippen LogP contribution in [0.15, 0.2) is 53.0 Å². The lowest BCUT2D eigenvalue weighted by Gasteiger charge is -2.26. The predicted molar refractivity (Wildman–Crippen MR) is 93.2 cm³/mol. The molecule has 0 aliphatic carbocycles. The molecule has 0 N–H and O–H groups in total. The average molecular weight is 409 g/mol. The van der Waals surface area contributed by atoms with E-state index >= 15 is 0 Å². The zero-order chi connectivity index (χ0) is 15.0. The van der Waals surface area contributed by atoms with Crippen LogP contribution in [0.3, 0.4) is 0 Å². The number of anilines is 1. The third-order valence-electron chi connectivity index (χ3n) is 4.13. The highest BCUT2D eigenvalue weighted by molar-refractivity contribution is 9.10. The van der Waals surface area contributed by atoms with Gasteiger partial charge in [0, 0.05) is 22.5 Å². The normalized spacial score (nSPS) is 20.7. The Bertz CT molecular complexity index is 686. The van der Waals surface area contributed by atoms with Crippen molar-refractivity contribution in [1.29, 1.82) is 0 Å². The molecule has 0 aromatic heterocycles. The molecule has 1 heterocycles. The van der Waals surface area contributed by atoms with Crippen molar-refractivity contribution in [1.82, 2.24) is 0 Å². The number of carbonyl (C=O) groups excluding carboxylic acids is 1. The molecule has 2 aromatic rings. The van der Waals surface area contributed by atoms with Crippen LogP contribution in [0.25, 0.3) is 0 Å². The number of fused-ring (bicyclic) bond motifs is 1. The van der Waals surface area contributed by atoms with Gasteiger partial charge in [-0.3, -0.25) is 4.79 Å². The van der Waals surface area contributed by atoms with Crippen molar-refractivity contribution in [2.45, 2.75) is 11.8 Å². The number of benzene rings is 2. The molecule has 1 amide bonds. The SMILES string of the molecule is CN1C(=O)C(CBr)(Cc2ccccc2)c2cc(Br)ccc21. The highest BCUT2D eigenvalue weighted by Crippen LogP contribution is 2.45. The van der Waals surface area contributed by atoms with Crippen molar-refractivity contribution in [3.63, 3.8) is 0 Å². The second-order valence-electron chi connectivity index (χ2n) is 5.40. The van der Waals surface area contributed by atoms with Gasteiger partial charge in [0.2, 0.25) is 5.91 Å². The summed E-state index contributed by atoms with van der Waals surface area (Å²) in [5.41, 5.74) is 2.73. The van der Waals surface area contributed by atoms with E-state index in [1.54, 1.807) is 4.90 Å². The van der Waals surface area contributed by atoms with Crippen molar-refractivity contribution >= 4 is 43.5 Å². The smallest absolute Gasteiger partial charge is 0.238 e. The van der Waals surface area contributed by atoms with Crippen molar-refractivity contribution in [3.8, 4) is 0 Å². The standard InChI is InChI=1S/C17H15Br2NO/c1-20-15-8-7-13(19)9-14(15)17(11-18,16(20)21)10-12-5-3-2-4-6-12/h2-9H,10-11H2,1H3. The van der Waals surface area contributed by atoms with E-state index in [0.29, 0.717) is 11.8 Å². The first-order chi connectivity index (χ1) is 10.1. The molecule has 108 valence electrons. The summed E-state index contributed by atoms with van der Waals surface area (Å²) in [5.74, 6) is 0.149. The minimum atomic E-state index is -0.533. The van der Waals surface area contributed by atoms with E-state index < -0.39 is 5.41 Å². The number of carbonyl (C=O) groups is 1. The van der Waals surface area contributed by atoms with Gasteiger partial charge >= 0.3 is 0 Å². The number of halogens is 2. The zero-order valence-corrected chi connectivity index (χ0v) is 14.8. The van der Waals surface area contributed by atoms with E-state index in [4.69, 9.17) is 0 Å². The molecular formula is C17H15Br2NO. The summed E-state index contributed by atoms with van der Waals surface area (Å²) in [7, 11) is 1.85. The number of hydrogen-bond donors (Lipinski definition) is 0. The number of rotatable bonds is 3. The van der Waals surface area contributed by atoms with Crippen LogP contribution >= 0.6 is 31.9 Å². The van der Waals surface area contributed by atoms with Gasteiger partial charge in [-0.2, -0.15) is 0 Å². The lowest BCUT2D eigenvalue weighted by molar-refractivity contribution is -0.122. The van der Waals surface area contributed by atoms with E-state index in [1.807, 2.05) is 37.4 Å². The fourth-order valence-electron chi connectivity index (χ4n) is 3.02. The minimum Gasteiger partial charge on any atom is -0.314 e. The first-order valence-electron chi connectivity index (χ1n) is 6.76. The first kappa shape index (κ1) is 14.8. The molecule has 4 heteroatoms. The fourth-order valence-corrected chi connectivity index (χ4v) is 4.12. The Balaban J connectivity index is 2.14. The Morgan fingerprint density at radius 2 is 1.86 bits per heavy atom. The molecule has 1 aliphatic rings. The zero-order valence-electron chi connectivity index (χ0n) is 11.6. The molecule has 0 bridgehead atoms. The molecule has 3 rings (SSSR count). The second kappa shape index (κ2) is 5.58. The van der Waals surface area contributed by atoms with Crippen LogP contribution < -0.4 is 4.90 Å². The predicted octanol–water partition coefficient (Wildman–Crippen LogP) is 4.30. The van der Waals surface area contributed by atoms with Gasteiger partial charge < -0.3 is 4.90 Å². The Hall–Kier alpha value is -1.13. The van der Waals surface area contributed by atoms with Crippen LogP contribution in [0, 0.1) is 0 Å². The Morgan fingerprint density at radius 3 is 2.52 bits per heavy atom. The summed E-state index contributed by atoms with van der Waals surface area (Å²) in [6, 6.07) is 16.2. The lowest BCUT2D eigenvalue weighted by atomic mass is 9.78. The van der Waals surface area contributed by atoms with Crippen LogP contribution in [0.2, 0.25) is 0 Å². The molecule has 2 nitrogen and oxygen atoms in total. The molecule has 1 unspecified atom stereocenters. The highest BCUT2D eigenvalue weighted by Gasteiger charge is 2.48. The van der Waals surface area contributed by atoms with Gasteiger partial charge in [0.25, 0.3) is 0 Å². The van der Waals surface area contributed by atoms with E-state index in [9.17, 15) is 4.79 Å². The maximum absolute atomic E-state index is 12.9. The third kappa shape index (κ3) is 2.34. The summed E-state index contributed by atoms with van der Waals surface area (Å²) < 4.78 is 1.00. The van der Waals surface area contributed by atoms with Crippen molar-refractivity contribution in [2.75, 3.05) is 17.3 Å². The van der Waals surface area contributed by atoms with Gasteiger partial charge in [-0.15, -0.1) is 0 Å². The summed E-state index contributed by atoms with van der Waals surface area (Å²) in [5, 5.41) is 0.613. The first-order valence-corrected chi connectivity index (χ1v) is 8.68. The van der Waals surface area contributed by atoms with E-state index in [2.05, 4.69) is 50.1 Å². The summed E-state index contributed by atoms with van der Waals surface area (Å²) in [6.45, 7) is 0. The van der Waals surface area contributed by atoms with Gasteiger partial charge in [0.05, 0.1) is 5.41 Å². The second-order valence-corrected chi connectivity index (χ2v) is 6.88. The van der Waals surface area contributed by atoms with Gasteiger partial charge in [-0.1, -0.05) is 62.2 Å². The molecule has 21 heavy (non-hydrogen) atoms. The number of likely N-dealkylation sites (N-methyl/N-ethyl adjacent to an activating group) is 1. The maximum atomic E-state index is 12.9. The van der Waals surface area contributed by atoms with Gasteiger partial charge in [-0.25, -0.2) is 0 Å². The maximum Gasteiger partial charge on any atom is 0.238 e. The van der Waals surface area contributed by atoms with Crippen molar-refractivity contribution in [3.05, 3.63) is 64.1 Å².